The average Bonchev–Trinajstić information content (AvgIpc) is 3.22. The summed E-state index contributed by atoms with van der Waals surface area (Å²) in [6.07, 6.45) is 3.84. The van der Waals surface area contributed by atoms with Gasteiger partial charge in [-0.3, -0.25) is 9.78 Å². The number of carbonyl (C=O) groups excluding carboxylic acids is 1. The van der Waals surface area contributed by atoms with Crippen LogP contribution in [0.3, 0.4) is 0 Å². The summed E-state index contributed by atoms with van der Waals surface area (Å²) in [6.45, 7) is 1.86. The number of thiazole rings is 1. The molecule has 0 atom stereocenters. The number of rotatable bonds is 6. The number of hydrogen-bond acceptors (Lipinski definition) is 7. The molecular weight excluding hydrogens is 402 g/mol. The van der Waals surface area contributed by atoms with E-state index in [0.29, 0.717) is 22.0 Å². The van der Waals surface area contributed by atoms with Crippen molar-refractivity contribution in [3.05, 3.63) is 69.7 Å². The van der Waals surface area contributed by atoms with Crippen LogP contribution in [0.5, 0.6) is 5.75 Å². The number of aromatic nitrogens is 2. The number of anilines is 1. The highest BCUT2D eigenvalue weighted by Crippen LogP contribution is 2.26. The third kappa shape index (κ3) is 4.08. The second-order valence-electron chi connectivity index (χ2n) is 6.68. The zero-order chi connectivity index (χ0) is 21.1. The highest BCUT2D eigenvalue weighted by Gasteiger charge is 2.15. The molecule has 8 heteroatoms. The Morgan fingerprint density at radius 2 is 2.17 bits per heavy atom. The van der Waals surface area contributed by atoms with Crippen molar-refractivity contribution in [1.82, 2.24) is 9.97 Å². The van der Waals surface area contributed by atoms with Gasteiger partial charge in [0.15, 0.2) is 5.13 Å². The van der Waals surface area contributed by atoms with Gasteiger partial charge in [-0.25, -0.2) is 9.78 Å². The van der Waals surface area contributed by atoms with E-state index >= 15 is 0 Å². The van der Waals surface area contributed by atoms with Crippen molar-refractivity contribution in [3.63, 3.8) is 0 Å². The summed E-state index contributed by atoms with van der Waals surface area (Å²) >= 11 is 1.34. The number of fused-ring (bicyclic) bond motifs is 1. The van der Waals surface area contributed by atoms with Crippen LogP contribution < -0.4 is 15.7 Å². The van der Waals surface area contributed by atoms with E-state index in [4.69, 9.17) is 9.15 Å². The van der Waals surface area contributed by atoms with Crippen molar-refractivity contribution in [2.45, 2.75) is 19.8 Å². The number of hydrogen-bond donors (Lipinski definition) is 1. The molecule has 0 aliphatic heterocycles. The molecule has 0 bridgehead atoms. The van der Waals surface area contributed by atoms with Crippen molar-refractivity contribution in [3.8, 4) is 17.0 Å². The lowest BCUT2D eigenvalue weighted by Crippen LogP contribution is -2.16. The number of nitrogens with one attached hydrogen (secondary N) is 1. The second kappa shape index (κ2) is 8.46. The van der Waals surface area contributed by atoms with E-state index in [-0.39, 0.29) is 18.7 Å². The second-order valence-corrected chi connectivity index (χ2v) is 7.54. The van der Waals surface area contributed by atoms with Crippen LogP contribution in [0, 0.1) is 6.92 Å². The summed E-state index contributed by atoms with van der Waals surface area (Å²) in [7, 11) is 1.56. The van der Waals surface area contributed by atoms with Crippen LogP contribution in [0.1, 0.15) is 17.5 Å². The molecule has 0 saturated carbocycles. The normalized spacial score (nSPS) is 10.9. The van der Waals surface area contributed by atoms with Crippen molar-refractivity contribution >= 4 is 33.3 Å². The summed E-state index contributed by atoms with van der Waals surface area (Å²) in [5.41, 5.74) is 2.98. The maximum absolute atomic E-state index is 12.4. The minimum Gasteiger partial charge on any atom is -0.497 e. The first-order chi connectivity index (χ1) is 14.5. The largest absolute Gasteiger partial charge is 0.497 e. The highest BCUT2D eigenvalue weighted by molar-refractivity contribution is 7.14. The quantitative estimate of drug-likeness (QED) is 0.469. The first kappa shape index (κ1) is 19.8. The van der Waals surface area contributed by atoms with Gasteiger partial charge in [-0.1, -0.05) is 0 Å². The number of aryl methyl sites for hydroxylation is 1. The highest BCUT2D eigenvalue weighted by atomic mass is 32.1. The van der Waals surface area contributed by atoms with E-state index in [0.717, 1.165) is 22.2 Å². The molecule has 4 rings (SSSR count). The van der Waals surface area contributed by atoms with Gasteiger partial charge in [0.25, 0.3) is 0 Å². The first-order valence-corrected chi connectivity index (χ1v) is 10.2. The number of amides is 1. The fraction of sp³-hybridized carbons (Fsp3) is 0.182. The van der Waals surface area contributed by atoms with Crippen LogP contribution in [0.25, 0.3) is 22.2 Å². The maximum Gasteiger partial charge on any atom is 0.339 e. The molecule has 0 aliphatic rings. The lowest BCUT2D eigenvalue weighted by molar-refractivity contribution is -0.116. The van der Waals surface area contributed by atoms with Crippen LogP contribution in [-0.4, -0.2) is 23.0 Å². The van der Waals surface area contributed by atoms with E-state index < -0.39 is 5.63 Å². The predicted molar refractivity (Wildman–Crippen MR) is 116 cm³/mol. The molecule has 1 aromatic carbocycles. The Bertz CT molecular complexity index is 1260. The first-order valence-electron chi connectivity index (χ1n) is 9.31. The number of nitrogens with zero attached hydrogens (tertiary/aromatic N) is 2. The third-order valence-corrected chi connectivity index (χ3v) is 5.56. The average molecular weight is 421 g/mol. The fourth-order valence-corrected chi connectivity index (χ4v) is 3.92. The Morgan fingerprint density at radius 1 is 1.30 bits per heavy atom. The van der Waals surface area contributed by atoms with Crippen molar-refractivity contribution in [2.75, 3.05) is 12.4 Å². The lowest BCUT2D eigenvalue weighted by Gasteiger charge is -2.08. The van der Waals surface area contributed by atoms with E-state index in [1.807, 2.05) is 36.6 Å². The van der Waals surface area contributed by atoms with Crippen LogP contribution in [0.2, 0.25) is 0 Å². The Hall–Kier alpha value is -3.52. The molecule has 152 valence electrons. The molecule has 7 nitrogen and oxygen atoms in total. The van der Waals surface area contributed by atoms with E-state index in [1.165, 1.54) is 11.3 Å². The molecule has 0 saturated heterocycles. The van der Waals surface area contributed by atoms with Crippen LogP contribution in [0.4, 0.5) is 5.13 Å². The standard InChI is InChI=1S/C22H19N3O4S/c1-13-16-6-5-15(28-2)10-19(16)29-21(27)17(13)7-8-20(26)25-22-24-18(12-30-22)14-4-3-9-23-11-14/h3-6,9-12H,7-8H2,1-2H3,(H,24,25,26). The summed E-state index contributed by atoms with van der Waals surface area (Å²) in [6, 6.07) is 9.09. The fourth-order valence-electron chi connectivity index (χ4n) is 3.19. The lowest BCUT2D eigenvalue weighted by atomic mass is 10.0. The van der Waals surface area contributed by atoms with E-state index in [1.54, 1.807) is 25.6 Å². The number of pyridine rings is 1. The van der Waals surface area contributed by atoms with E-state index in [9.17, 15) is 9.59 Å². The molecule has 30 heavy (non-hydrogen) atoms. The SMILES string of the molecule is COc1ccc2c(C)c(CCC(=O)Nc3nc(-c4cccnc4)cs3)c(=O)oc2c1. The molecular formula is C22H19N3O4S. The summed E-state index contributed by atoms with van der Waals surface area (Å²) in [5, 5.41) is 5.99. The molecule has 0 unspecified atom stereocenters. The van der Waals surface area contributed by atoms with E-state index in [2.05, 4.69) is 15.3 Å². The van der Waals surface area contributed by atoms with Crippen LogP contribution >= 0.6 is 11.3 Å². The Morgan fingerprint density at radius 3 is 2.93 bits per heavy atom. The smallest absolute Gasteiger partial charge is 0.339 e. The Balaban J connectivity index is 1.46. The van der Waals surface area contributed by atoms with Gasteiger partial charge in [0.05, 0.1) is 12.8 Å². The minimum atomic E-state index is -0.436. The number of methoxy groups -OCH3 is 1. The van der Waals surface area contributed by atoms with Crippen molar-refractivity contribution < 1.29 is 13.9 Å². The van der Waals surface area contributed by atoms with Gasteiger partial charge >= 0.3 is 5.63 Å². The van der Waals surface area contributed by atoms with Crippen LogP contribution in [-0.2, 0) is 11.2 Å². The van der Waals surface area contributed by atoms with Crippen molar-refractivity contribution in [1.29, 1.82) is 0 Å². The maximum atomic E-state index is 12.4. The number of ether oxygens (including phenoxy) is 1. The topological polar surface area (TPSA) is 94.3 Å². The zero-order valence-electron chi connectivity index (χ0n) is 16.5. The monoisotopic (exact) mass is 421 g/mol. The molecule has 0 radical (unpaired) electrons. The molecule has 4 aromatic rings. The zero-order valence-corrected chi connectivity index (χ0v) is 17.3. The van der Waals surface area contributed by atoms with Crippen LogP contribution in [0.15, 0.2) is 57.3 Å². The minimum absolute atomic E-state index is 0.148. The summed E-state index contributed by atoms with van der Waals surface area (Å²) in [5.74, 6) is 0.405. The van der Waals surface area contributed by atoms with Gasteiger partial charge in [-0.2, -0.15) is 0 Å². The molecule has 1 amide bonds. The molecule has 0 aliphatic carbocycles. The molecule has 3 heterocycles. The van der Waals surface area contributed by atoms with Gasteiger partial charge in [0, 0.05) is 46.8 Å². The molecule has 0 fully saturated rings. The van der Waals surface area contributed by atoms with Gasteiger partial charge < -0.3 is 14.5 Å². The molecule has 0 spiro atoms. The van der Waals surface area contributed by atoms with Gasteiger partial charge in [-0.15, -0.1) is 11.3 Å². The van der Waals surface area contributed by atoms with Crippen molar-refractivity contribution in [2.24, 2.45) is 0 Å². The van der Waals surface area contributed by atoms with Gasteiger partial charge in [0.2, 0.25) is 5.91 Å². The Labute approximate surface area is 176 Å². The molecule has 1 N–H and O–H groups in total. The summed E-state index contributed by atoms with van der Waals surface area (Å²) in [4.78, 5) is 33.3. The van der Waals surface area contributed by atoms with Gasteiger partial charge in [-0.05, 0) is 43.2 Å². The predicted octanol–water partition coefficient (Wildman–Crippen LogP) is 4.20. The molecule has 3 aromatic heterocycles. The third-order valence-electron chi connectivity index (χ3n) is 4.80. The summed E-state index contributed by atoms with van der Waals surface area (Å²) < 4.78 is 10.6. The van der Waals surface area contributed by atoms with Gasteiger partial charge in [0.1, 0.15) is 11.3 Å². The number of benzene rings is 1. The Kier molecular flexibility index (Phi) is 5.58. The number of carbonyl (C=O) groups is 1.